The van der Waals surface area contributed by atoms with Crippen molar-refractivity contribution in [1.29, 1.82) is 0 Å². The van der Waals surface area contributed by atoms with E-state index in [1.807, 2.05) is 6.92 Å². The summed E-state index contributed by atoms with van der Waals surface area (Å²) in [6.45, 7) is 2.04. The Balaban J connectivity index is 2.79. The van der Waals surface area contributed by atoms with E-state index < -0.39 is 0 Å². The summed E-state index contributed by atoms with van der Waals surface area (Å²) in [4.78, 5) is 8.00. The van der Waals surface area contributed by atoms with E-state index in [-0.39, 0.29) is 0 Å². The molecule has 2 aromatic heterocycles. The Bertz CT molecular complexity index is 368. The quantitative estimate of drug-likeness (QED) is 0.610. The van der Waals surface area contributed by atoms with E-state index in [1.165, 1.54) is 6.33 Å². The molecule has 0 aliphatic heterocycles. The highest BCUT2D eigenvalue weighted by molar-refractivity contribution is 5.73. The minimum Gasteiger partial charge on any atom is -0.336 e. The van der Waals surface area contributed by atoms with Crippen molar-refractivity contribution < 1.29 is 4.52 Å². The Hall–Kier alpha value is -1.45. The fourth-order valence-electron chi connectivity index (χ4n) is 1.03. The van der Waals surface area contributed by atoms with Crippen LogP contribution in [0.25, 0.3) is 11.1 Å². The van der Waals surface area contributed by atoms with E-state index in [9.17, 15) is 0 Å². The average molecular weight is 149 g/mol. The molecule has 2 rings (SSSR count). The number of rotatable bonds is 1. The average Bonchev–Trinajstić information content (AvgIpc) is 2.50. The van der Waals surface area contributed by atoms with Gasteiger partial charge in [-0.05, 0) is 6.42 Å². The van der Waals surface area contributed by atoms with Gasteiger partial charge in [-0.25, -0.2) is 4.98 Å². The van der Waals surface area contributed by atoms with Crippen LogP contribution in [0.15, 0.2) is 17.0 Å². The molecule has 4 nitrogen and oxygen atoms in total. The smallest absolute Gasteiger partial charge is 0.260 e. The highest BCUT2D eigenvalue weighted by Gasteiger charge is 2.03. The number of aromatic nitrogens is 3. The minimum atomic E-state index is 0.567. The van der Waals surface area contributed by atoms with Crippen LogP contribution < -0.4 is 0 Å². The van der Waals surface area contributed by atoms with Gasteiger partial charge in [0.1, 0.15) is 6.33 Å². The lowest BCUT2D eigenvalue weighted by molar-refractivity contribution is 0.448. The maximum atomic E-state index is 4.86. The Morgan fingerprint density at radius 2 is 2.36 bits per heavy atom. The standard InChI is InChI=1S/C7H7N3O/c1-2-6-5-3-10-11-7(5)9-4-8-6/h3-4H,2H2,1H3. The van der Waals surface area contributed by atoms with Gasteiger partial charge >= 0.3 is 0 Å². The lowest BCUT2D eigenvalue weighted by atomic mass is 10.2. The molecular weight excluding hydrogens is 142 g/mol. The summed E-state index contributed by atoms with van der Waals surface area (Å²) in [5.41, 5.74) is 1.55. The van der Waals surface area contributed by atoms with Gasteiger partial charge < -0.3 is 4.52 Å². The van der Waals surface area contributed by atoms with Crippen molar-refractivity contribution in [3.8, 4) is 0 Å². The van der Waals surface area contributed by atoms with Crippen molar-refractivity contribution >= 4 is 11.1 Å². The van der Waals surface area contributed by atoms with E-state index in [4.69, 9.17) is 4.52 Å². The van der Waals surface area contributed by atoms with Crippen LogP contribution in [-0.2, 0) is 6.42 Å². The highest BCUT2D eigenvalue weighted by Crippen LogP contribution is 2.12. The summed E-state index contributed by atoms with van der Waals surface area (Å²) in [6, 6.07) is 0. The van der Waals surface area contributed by atoms with Crippen LogP contribution in [-0.4, -0.2) is 15.1 Å². The molecule has 11 heavy (non-hydrogen) atoms. The zero-order valence-electron chi connectivity index (χ0n) is 6.11. The molecule has 0 aromatic carbocycles. The summed E-state index contributed by atoms with van der Waals surface area (Å²) in [6.07, 6.45) is 4.01. The molecule has 0 spiro atoms. The Kier molecular flexibility index (Phi) is 1.31. The number of aryl methyl sites for hydroxylation is 1. The molecule has 0 unspecified atom stereocenters. The molecule has 4 heteroatoms. The zero-order chi connectivity index (χ0) is 7.68. The fourth-order valence-corrected chi connectivity index (χ4v) is 1.03. The molecule has 2 heterocycles. The first kappa shape index (κ1) is 6.27. The second kappa shape index (κ2) is 2.30. The minimum absolute atomic E-state index is 0.567. The molecule has 0 radical (unpaired) electrons. The lowest BCUT2D eigenvalue weighted by Crippen LogP contribution is -1.87. The van der Waals surface area contributed by atoms with Gasteiger partial charge in [-0.1, -0.05) is 12.1 Å². The van der Waals surface area contributed by atoms with Crippen LogP contribution >= 0.6 is 0 Å². The maximum absolute atomic E-state index is 4.86. The molecule has 0 bridgehead atoms. The van der Waals surface area contributed by atoms with Gasteiger partial charge in [0, 0.05) is 0 Å². The van der Waals surface area contributed by atoms with Gasteiger partial charge in [-0.2, -0.15) is 4.98 Å². The summed E-state index contributed by atoms with van der Waals surface area (Å²) >= 11 is 0. The third kappa shape index (κ3) is 0.869. The third-order valence-electron chi connectivity index (χ3n) is 1.59. The van der Waals surface area contributed by atoms with Crippen LogP contribution in [0, 0.1) is 0 Å². The van der Waals surface area contributed by atoms with Crippen LogP contribution in [0.3, 0.4) is 0 Å². The molecule has 2 aromatic rings. The molecule has 0 fully saturated rings. The molecule has 0 atom stereocenters. The molecule has 56 valence electrons. The maximum Gasteiger partial charge on any atom is 0.260 e. The summed E-state index contributed by atoms with van der Waals surface area (Å²) in [7, 11) is 0. The van der Waals surface area contributed by atoms with Crippen molar-refractivity contribution in [2.75, 3.05) is 0 Å². The van der Waals surface area contributed by atoms with Gasteiger partial charge in [0.25, 0.3) is 5.71 Å². The second-order valence-electron chi connectivity index (χ2n) is 2.22. The third-order valence-corrected chi connectivity index (χ3v) is 1.59. The molecule has 0 N–H and O–H groups in total. The Morgan fingerprint density at radius 1 is 1.45 bits per heavy atom. The fraction of sp³-hybridized carbons (Fsp3) is 0.286. The van der Waals surface area contributed by atoms with Crippen LogP contribution in [0.4, 0.5) is 0 Å². The first-order chi connectivity index (χ1) is 5.42. The van der Waals surface area contributed by atoms with Crippen molar-refractivity contribution in [2.45, 2.75) is 13.3 Å². The summed E-state index contributed by atoms with van der Waals surface area (Å²) < 4.78 is 4.86. The van der Waals surface area contributed by atoms with E-state index in [1.54, 1.807) is 6.20 Å². The normalized spacial score (nSPS) is 10.6. The number of hydrogen-bond donors (Lipinski definition) is 0. The molecule has 0 aliphatic rings. The van der Waals surface area contributed by atoms with Crippen LogP contribution in [0.5, 0.6) is 0 Å². The van der Waals surface area contributed by atoms with E-state index in [0.29, 0.717) is 5.71 Å². The number of nitrogens with zero attached hydrogens (tertiary/aromatic N) is 3. The SMILES string of the molecule is CCc1ncnc2oncc12. The van der Waals surface area contributed by atoms with Gasteiger partial charge in [0.05, 0.1) is 17.3 Å². The molecular formula is C7H7N3O. The van der Waals surface area contributed by atoms with Gasteiger partial charge in [-0.3, -0.25) is 0 Å². The first-order valence-corrected chi connectivity index (χ1v) is 3.46. The largest absolute Gasteiger partial charge is 0.336 e. The van der Waals surface area contributed by atoms with Crippen molar-refractivity contribution in [1.82, 2.24) is 15.1 Å². The monoisotopic (exact) mass is 149 g/mol. The number of fused-ring (bicyclic) bond motifs is 1. The first-order valence-electron chi connectivity index (χ1n) is 3.46. The Morgan fingerprint density at radius 3 is 3.18 bits per heavy atom. The van der Waals surface area contributed by atoms with Gasteiger partial charge in [0.15, 0.2) is 0 Å². The second-order valence-corrected chi connectivity index (χ2v) is 2.22. The topological polar surface area (TPSA) is 51.8 Å². The molecule has 0 aliphatic carbocycles. The molecule has 0 saturated heterocycles. The van der Waals surface area contributed by atoms with Crippen molar-refractivity contribution in [2.24, 2.45) is 0 Å². The van der Waals surface area contributed by atoms with E-state index in [2.05, 4.69) is 15.1 Å². The molecule has 0 amide bonds. The number of hydrogen-bond acceptors (Lipinski definition) is 4. The van der Waals surface area contributed by atoms with Gasteiger partial charge in [-0.15, -0.1) is 0 Å². The van der Waals surface area contributed by atoms with Crippen molar-refractivity contribution in [3.05, 3.63) is 18.2 Å². The van der Waals surface area contributed by atoms with Gasteiger partial charge in [0.2, 0.25) is 0 Å². The Labute approximate surface area is 63.2 Å². The van der Waals surface area contributed by atoms with E-state index in [0.717, 1.165) is 17.5 Å². The summed E-state index contributed by atoms with van der Waals surface area (Å²) in [5, 5.41) is 4.54. The molecule has 0 saturated carbocycles. The summed E-state index contributed by atoms with van der Waals surface area (Å²) in [5.74, 6) is 0. The van der Waals surface area contributed by atoms with Crippen LogP contribution in [0.2, 0.25) is 0 Å². The predicted octanol–water partition coefficient (Wildman–Crippen LogP) is 1.18. The lowest BCUT2D eigenvalue weighted by Gasteiger charge is -1.92. The zero-order valence-corrected chi connectivity index (χ0v) is 6.11. The highest BCUT2D eigenvalue weighted by atomic mass is 16.5. The predicted molar refractivity (Wildman–Crippen MR) is 39.0 cm³/mol. The van der Waals surface area contributed by atoms with Crippen molar-refractivity contribution in [3.63, 3.8) is 0 Å². The van der Waals surface area contributed by atoms with Crippen LogP contribution in [0.1, 0.15) is 12.6 Å². The van der Waals surface area contributed by atoms with E-state index >= 15 is 0 Å².